The lowest BCUT2D eigenvalue weighted by Crippen LogP contribution is -2.42. The van der Waals surface area contributed by atoms with Gasteiger partial charge in [0.2, 0.25) is 0 Å². The van der Waals surface area contributed by atoms with Crippen molar-refractivity contribution >= 4 is 11.8 Å². The first-order valence-electron chi connectivity index (χ1n) is 8.00. The molecular weight excluding hydrogens is 320 g/mol. The SMILES string of the molecule is COc1ccccc1CNC(=O)C(=O)NC[C@H](O)Cc1ccccc1. The molecule has 2 aromatic rings. The molecule has 0 aliphatic rings. The summed E-state index contributed by atoms with van der Waals surface area (Å²) in [5.41, 5.74) is 1.74. The van der Waals surface area contributed by atoms with E-state index in [-0.39, 0.29) is 13.1 Å². The normalized spacial score (nSPS) is 11.4. The number of carbonyl (C=O) groups excluding carboxylic acids is 2. The minimum Gasteiger partial charge on any atom is -0.496 e. The molecule has 6 heteroatoms. The highest BCUT2D eigenvalue weighted by Crippen LogP contribution is 2.16. The van der Waals surface area contributed by atoms with Crippen LogP contribution in [0, 0.1) is 0 Å². The first kappa shape index (κ1) is 18.5. The number of aliphatic hydroxyl groups excluding tert-OH is 1. The third-order valence-electron chi connectivity index (χ3n) is 3.65. The van der Waals surface area contributed by atoms with Crippen LogP contribution in [0.15, 0.2) is 54.6 Å². The quantitative estimate of drug-likeness (QED) is 0.656. The lowest BCUT2D eigenvalue weighted by atomic mass is 10.1. The van der Waals surface area contributed by atoms with Gasteiger partial charge in [-0.15, -0.1) is 0 Å². The lowest BCUT2D eigenvalue weighted by molar-refractivity contribution is -0.139. The zero-order valence-corrected chi connectivity index (χ0v) is 14.1. The van der Waals surface area contributed by atoms with E-state index >= 15 is 0 Å². The largest absolute Gasteiger partial charge is 0.496 e. The molecule has 0 bridgehead atoms. The Labute approximate surface area is 146 Å². The molecule has 0 radical (unpaired) electrons. The average molecular weight is 342 g/mol. The van der Waals surface area contributed by atoms with E-state index in [1.54, 1.807) is 19.2 Å². The third-order valence-corrected chi connectivity index (χ3v) is 3.65. The Balaban J connectivity index is 1.75. The summed E-state index contributed by atoms with van der Waals surface area (Å²) >= 11 is 0. The number of methoxy groups -OCH3 is 1. The fourth-order valence-corrected chi connectivity index (χ4v) is 2.35. The van der Waals surface area contributed by atoms with Crippen molar-refractivity contribution in [3.05, 3.63) is 65.7 Å². The Kier molecular flexibility index (Phi) is 6.98. The maximum absolute atomic E-state index is 11.8. The predicted molar refractivity (Wildman–Crippen MR) is 94.0 cm³/mol. The van der Waals surface area contributed by atoms with E-state index in [0.717, 1.165) is 11.1 Å². The monoisotopic (exact) mass is 342 g/mol. The van der Waals surface area contributed by atoms with Crippen LogP contribution in [0.3, 0.4) is 0 Å². The summed E-state index contributed by atoms with van der Waals surface area (Å²) in [6.07, 6.45) is -0.349. The molecule has 0 saturated heterocycles. The topological polar surface area (TPSA) is 87.7 Å². The van der Waals surface area contributed by atoms with Gasteiger partial charge < -0.3 is 20.5 Å². The average Bonchev–Trinajstić information content (AvgIpc) is 2.65. The fourth-order valence-electron chi connectivity index (χ4n) is 2.35. The van der Waals surface area contributed by atoms with Crippen molar-refractivity contribution < 1.29 is 19.4 Å². The summed E-state index contributed by atoms with van der Waals surface area (Å²) < 4.78 is 5.19. The van der Waals surface area contributed by atoms with Crippen LogP contribution in [-0.4, -0.2) is 36.7 Å². The Morgan fingerprint density at radius 2 is 1.64 bits per heavy atom. The van der Waals surface area contributed by atoms with E-state index in [2.05, 4.69) is 10.6 Å². The molecule has 25 heavy (non-hydrogen) atoms. The van der Waals surface area contributed by atoms with E-state index in [0.29, 0.717) is 12.2 Å². The summed E-state index contributed by atoms with van der Waals surface area (Å²) in [5, 5.41) is 14.9. The highest BCUT2D eigenvalue weighted by Gasteiger charge is 2.15. The van der Waals surface area contributed by atoms with Crippen LogP contribution in [0.5, 0.6) is 5.75 Å². The van der Waals surface area contributed by atoms with Crippen LogP contribution in [-0.2, 0) is 22.6 Å². The summed E-state index contributed by atoms with van der Waals surface area (Å²) in [4.78, 5) is 23.7. The highest BCUT2D eigenvalue weighted by atomic mass is 16.5. The van der Waals surface area contributed by atoms with Gasteiger partial charge in [0.05, 0.1) is 13.2 Å². The highest BCUT2D eigenvalue weighted by molar-refractivity contribution is 6.35. The third kappa shape index (κ3) is 5.93. The van der Waals surface area contributed by atoms with Crippen LogP contribution >= 0.6 is 0 Å². The molecule has 2 rings (SSSR count). The second kappa shape index (κ2) is 9.44. The maximum atomic E-state index is 11.8. The molecule has 0 unspecified atom stereocenters. The van der Waals surface area contributed by atoms with Gasteiger partial charge in [0.25, 0.3) is 0 Å². The number of nitrogens with one attached hydrogen (secondary N) is 2. The number of benzene rings is 2. The van der Waals surface area contributed by atoms with Crippen LogP contribution in [0.4, 0.5) is 0 Å². The Hall–Kier alpha value is -2.86. The number of hydrogen-bond acceptors (Lipinski definition) is 4. The zero-order valence-electron chi connectivity index (χ0n) is 14.1. The summed E-state index contributed by atoms with van der Waals surface area (Å²) in [6.45, 7) is 0.193. The first-order chi connectivity index (χ1) is 12.1. The Morgan fingerprint density at radius 3 is 2.36 bits per heavy atom. The van der Waals surface area contributed by atoms with Gasteiger partial charge in [-0.3, -0.25) is 9.59 Å². The van der Waals surface area contributed by atoms with Gasteiger partial charge in [0.15, 0.2) is 0 Å². The maximum Gasteiger partial charge on any atom is 0.309 e. The van der Waals surface area contributed by atoms with Crippen molar-refractivity contribution in [3.8, 4) is 5.75 Å². The fraction of sp³-hybridized carbons (Fsp3) is 0.263. The van der Waals surface area contributed by atoms with Gasteiger partial charge >= 0.3 is 11.8 Å². The van der Waals surface area contributed by atoms with Crippen molar-refractivity contribution in [1.29, 1.82) is 0 Å². The summed E-state index contributed by atoms with van der Waals surface area (Å²) in [6, 6.07) is 16.7. The van der Waals surface area contributed by atoms with E-state index in [4.69, 9.17) is 4.74 Å². The molecule has 6 nitrogen and oxygen atoms in total. The number of ether oxygens (including phenoxy) is 1. The van der Waals surface area contributed by atoms with E-state index in [9.17, 15) is 14.7 Å². The number of hydrogen-bond donors (Lipinski definition) is 3. The van der Waals surface area contributed by atoms with Crippen LogP contribution < -0.4 is 15.4 Å². The summed E-state index contributed by atoms with van der Waals surface area (Å²) in [7, 11) is 1.54. The number of carbonyl (C=O) groups is 2. The van der Waals surface area contributed by atoms with Gasteiger partial charge in [0, 0.05) is 25.1 Å². The number of para-hydroxylation sites is 1. The molecule has 0 fully saturated rings. The first-order valence-corrected chi connectivity index (χ1v) is 8.00. The Bertz CT molecular complexity index is 704. The van der Waals surface area contributed by atoms with Gasteiger partial charge in [-0.25, -0.2) is 0 Å². The predicted octanol–water partition coefficient (Wildman–Crippen LogP) is 1.03. The molecule has 0 spiro atoms. The number of amides is 2. The molecule has 1 atom stereocenters. The van der Waals surface area contributed by atoms with Crippen LogP contribution in [0.25, 0.3) is 0 Å². The Morgan fingerprint density at radius 1 is 1.00 bits per heavy atom. The molecule has 0 aromatic heterocycles. The zero-order chi connectivity index (χ0) is 18.1. The molecule has 132 valence electrons. The second-order valence-corrected chi connectivity index (χ2v) is 5.55. The van der Waals surface area contributed by atoms with Gasteiger partial charge in [-0.2, -0.15) is 0 Å². The van der Waals surface area contributed by atoms with Crippen LogP contribution in [0.2, 0.25) is 0 Å². The lowest BCUT2D eigenvalue weighted by Gasteiger charge is -2.12. The number of aliphatic hydroxyl groups is 1. The van der Waals surface area contributed by atoms with Crippen LogP contribution in [0.1, 0.15) is 11.1 Å². The second-order valence-electron chi connectivity index (χ2n) is 5.55. The van der Waals surface area contributed by atoms with E-state index < -0.39 is 17.9 Å². The molecule has 0 saturated carbocycles. The van der Waals surface area contributed by atoms with Gasteiger partial charge in [-0.05, 0) is 11.6 Å². The number of rotatable bonds is 7. The van der Waals surface area contributed by atoms with Gasteiger partial charge in [-0.1, -0.05) is 48.5 Å². The molecule has 3 N–H and O–H groups in total. The van der Waals surface area contributed by atoms with Crippen molar-refractivity contribution in [2.75, 3.05) is 13.7 Å². The van der Waals surface area contributed by atoms with E-state index in [1.165, 1.54) is 0 Å². The molecule has 2 amide bonds. The molecule has 0 heterocycles. The van der Waals surface area contributed by atoms with Gasteiger partial charge in [0.1, 0.15) is 5.75 Å². The molecule has 2 aromatic carbocycles. The van der Waals surface area contributed by atoms with Crippen molar-refractivity contribution in [2.24, 2.45) is 0 Å². The van der Waals surface area contributed by atoms with Crippen molar-refractivity contribution in [3.63, 3.8) is 0 Å². The smallest absolute Gasteiger partial charge is 0.309 e. The van der Waals surface area contributed by atoms with Crippen molar-refractivity contribution in [2.45, 2.75) is 19.1 Å². The standard InChI is InChI=1S/C19H22N2O4/c1-25-17-10-6-5-9-15(17)12-20-18(23)19(24)21-13-16(22)11-14-7-3-2-4-8-14/h2-10,16,22H,11-13H2,1H3,(H,20,23)(H,21,24)/t16-/m1/s1. The summed E-state index contributed by atoms with van der Waals surface area (Å²) in [5.74, 6) is -0.888. The molecule has 0 aliphatic heterocycles. The van der Waals surface area contributed by atoms with Crippen molar-refractivity contribution in [1.82, 2.24) is 10.6 Å². The minimum atomic E-state index is -0.776. The molecular formula is C19H22N2O4. The minimum absolute atomic E-state index is 0.00973. The van der Waals surface area contributed by atoms with E-state index in [1.807, 2.05) is 42.5 Å². The molecule has 0 aliphatic carbocycles.